The van der Waals surface area contributed by atoms with Gasteiger partial charge in [-0.15, -0.1) is 0 Å². The minimum absolute atomic E-state index is 0.392. The molecule has 0 aromatic rings. The van der Waals surface area contributed by atoms with E-state index in [0.717, 1.165) is 38.9 Å². The molecule has 0 saturated carbocycles. The van der Waals surface area contributed by atoms with Gasteiger partial charge in [-0.1, -0.05) is 13.3 Å². The van der Waals surface area contributed by atoms with E-state index < -0.39 is 8.80 Å². The van der Waals surface area contributed by atoms with Crippen molar-refractivity contribution < 1.29 is 27.5 Å². The third-order valence-electron chi connectivity index (χ3n) is 2.90. The molecule has 0 N–H and O–H groups in total. The Morgan fingerprint density at radius 1 is 0.947 bits per heavy atom. The summed E-state index contributed by atoms with van der Waals surface area (Å²) in [6.07, 6.45) is 1.81. The van der Waals surface area contributed by atoms with Gasteiger partial charge in [0.05, 0.1) is 26.4 Å². The maximum absolute atomic E-state index is 5.23. The van der Waals surface area contributed by atoms with Crippen molar-refractivity contribution >= 4 is 8.80 Å². The van der Waals surface area contributed by atoms with Crippen LogP contribution in [0.1, 0.15) is 13.3 Å². The fraction of sp³-hybridized carbons (Fsp3) is 1.00. The molecule has 19 heavy (non-hydrogen) atoms. The van der Waals surface area contributed by atoms with E-state index in [9.17, 15) is 0 Å². The van der Waals surface area contributed by atoms with Crippen LogP contribution in [0.3, 0.4) is 0 Å². The summed E-state index contributed by atoms with van der Waals surface area (Å²) in [5, 5.41) is 0. The van der Waals surface area contributed by atoms with Gasteiger partial charge in [0.25, 0.3) is 0 Å². The molecule has 2 heterocycles. The maximum atomic E-state index is 5.23. The lowest BCUT2D eigenvalue weighted by Crippen LogP contribution is -2.42. The van der Waals surface area contributed by atoms with Crippen LogP contribution in [0, 0.1) is 0 Å². The second kappa shape index (κ2) is 9.01. The second-order valence-corrected chi connectivity index (χ2v) is 7.58. The summed E-state index contributed by atoms with van der Waals surface area (Å²) in [6, 6.07) is 0.885. The van der Waals surface area contributed by atoms with Gasteiger partial charge in [-0.05, 0) is 0 Å². The van der Waals surface area contributed by atoms with Gasteiger partial charge in [0, 0.05) is 27.4 Å². The Balaban J connectivity index is 0.000000190. The third-order valence-corrected chi connectivity index (χ3v) is 5.88. The Labute approximate surface area is 116 Å². The molecule has 2 aliphatic heterocycles. The normalized spacial score (nSPS) is 24.6. The fourth-order valence-corrected chi connectivity index (χ4v) is 3.25. The Bertz CT molecular complexity index is 208. The fourth-order valence-electron chi connectivity index (χ4n) is 1.52. The smallest absolute Gasteiger partial charge is 0.377 e. The van der Waals surface area contributed by atoms with Gasteiger partial charge in [0.15, 0.2) is 0 Å². The number of rotatable bonds is 9. The summed E-state index contributed by atoms with van der Waals surface area (Å²) in [5.74, 6) is 0. The van der Waals surface area contributed by atoms with Crippen LogP contribution in [0.2, 0.25) is 6.04 Å². The Hall–Kier alpha value is -0.0231. The molecule has 114 valence electrons. The molecule has 0 radical (unpaired) electrons. The lowest BCUT2D eigenvalue weighted by atomic mass is 10.5. The van der Waals surface area contributed by atoms with Crippen LogP contribution in [0.25, 0.3) is 0 Å². The molecule has 2 saturated heterocycles. The highest BCUT2D eigenvalue weighted by Gasteiger charge is 2.36. The van der Waals surface area contributed by atoms with Crippen LogP contribution in [-0.4, -0.2) is 68.8 Å². The van der Waals surface area contributed by atoms with Crippen LogP contribution < -0.4 is 0 Å². The average molecular weight is 294 g/mol. The number of epoxide rings is 2. The SMILES string of the molecule is C(OCC1CO1)C1CO1.CCC[Si](OC)(OC)OC. The molecule has 0 aromatic carbocycles. The lowest BCUT2D eigenvalue weighted by molar-refractivity contribution is 0.102. The molecule has 0 aliphatic carbocycles. The summed E-state index contributed by atoms with van der Waals surface area (Å²) in [6.45, 7) is 5.34. The second-order valence-electron chi connectivity index (χ2n) is 4.49. The van der Waals surface area contributed by atoms with Gasteiger partial charge < -0.3 is 27.5 Å². The Morgan fingerprint density at radius 2 is 1.37 bits per heavy atom. The molecular formula is C12H26O6Si. The molecule has 6 nitrogen and oxygen atoms in total. The van der Waals surface area contributed by atoms with Crippen molar-refractivity contribution in [3.8, 4) is 0 Å². The van der Waals surface area contributed by atoms with Crippen molar-refractivity contribution in [3.63, 3.8) is 0 Å². The highest BCUT2D eigenvalue weighted by molar-refractivity contribution is 6.60. The molecule has 2 atom stereocenters. The molecule has 2 aliphatic rings. The van der Waals surface area contributed by atoms with E-state index in [1.54, 1.807) is 21.3 Å². The largest absolute Gasteiger partial charge is 0.500 e. The zero-order chi connectivity index (χ0) is 14.1. The number of ether oxygens (including phenoxy) is 3. The van der Waals surface area contributed by atoms with Gasteiger partial charge in [0.2, 0.25) is 0 Å². The Morgan fingerprint density at radius 3 is 1.58 bits per heavy atom. The predicted octanol–water partition coefficient (Wildman–Crippen LogP) is 1.08. The van der Waals surface area contributed by atoms with E-state index in [0.29, 0.717) is 12.2 Å². The van der Waals surface area contributed by atoms with Crippen LogP contribution in [0.5, 0.6) is 0 Å². The van der Waals surface area contributed by atoms with E-state index in [1.165, 1.54) is 0 Å². The van der Waals surface area contributed by atoms with Crippen molar-refractivity contribution in [2.75, 3.05) is 47.8 Å². The molecule has 2 rings (SSSR count). The quantitative estimate of drug-likeness (QED) is 0.468. The van der Waals surface area contributed by atoms with Gasteiger partial charge in [-0.25, -0.2) is 0 Å². The molecule has 2 fully saturated rings. The highest BCUT2D eigenvalue weighted by Crippen LogP contribution is 2.14. The summed E-state index contributed by atoms with van der Waals surface area (Å²) >= 11 is 0. The first-order valence-electron chi connectivity index (χ1n) is 6.66. The molecule has 0 spiro atoms. The first-order chi connectivity index (χ1) is 9.19. The van der Waals surface area contributed by atoms with Crippen molar-refractivity contribution in [2.45, 2.75) is 31.6 Å². The van der Waals surface area contributed by atoms with E-state index in [4.69, 9.17) is 27.5 Å². The van der Waals surface area contributed by atoms with Gasteiger partial charge >= 0.3 is 8.80 Å². The van der Waals surface area contributed by atoms with Crippen LogP contribution >= 0.6 is 0 Å². The monoisotopic (exact) mass is 294 g/mol. The van der Waals surface area contributed by atoms with Crippen molar-refractivity contribution in [3.05, 3.63) is 0 Å². The summed E-state index contributed by atoms with van der Waals surface area (Å²) in [4.78, 5) is 0. The standard InChI is InChI=1S/C6H16O3Si.C6H10O3/c1-5-6-10(7-2,8-3)9-4;1(5-3-8-5)7-2-6-4-9-6/h5-6H2,1-4H3;5-6H,1-4H2. The summed E-state index contributed by atoms with van der Waals surface area (Å²) in [5.41, 5.74) is 0. The lowest BCUT2D eigenvalue weighted by Gasteiger charge is -2.23. The van der Waals surface area contributed by atoms with Crippen molar-refractivity contribution in [2.24, 2.45) is 0 Å². The average Bonchev–Trinajstić information content (AvgIpc) is 3.31. The van der Waals surface area contributed by atoms with Gasteiger partial charge in [0.1, 0.15) is 12.2 Å². The van der Waals surface area contributed by atoms with Gasteiger partial charge in [-0.3, -0.25) is 0 Å². The predicted molar refractivity (Wildman–Crippen MR) is 72.2 cm³/mol. The third kappa shape index (κ3) is 7.36. The van der Waals surface area contributed by atoms with E-state index in [1.807, 2.05) is 0 Å². The highest BCUT2D eigenvalue weighted by atomic mass is 28.4. The zero-order valence-corrected chi connectivity index (χ0v) is 13.3. The molecule has 0 bridgehead atoms. The van der Waals surface area contributed by atoms with Crippen molar-refractivity contribution in [1.29, 1.82) is 0 Å². The molecule has 0 aromatic heterocycles. The maximum Gasteiger partial charge on any atom is 0.500 e. The van der Waals surface area contributed by atoms with E-state index in [2.05, 4.69) is 6.92 Å². The van der Waals surface area contributed by atoms with Crippen LogP contribution in [-0.2, 0) is 27.5 Å². The first-order valence-corrected chi connectivity index (χ1v) is 8.59. The number of hydrogen-bond acceptors (Lipinski definition) is 6. The summed E-state index contributed by atoms with van der Waals surface area (Å²) < 4.78 is 30.6. The minimum atomic E-state index is -2.22. The molecule has 7 heteroatoms. The molecule has 2 unspecified atom stereocenters. The van der Waals surface area contributed by atoms with Gasteiger partial charge in [-0.2, -0.15) is 0 Å². The molecular weight excluding hydrogens is 268 g/mol. The number of hydrogen-bond donors (Lipinski definition) is 0. The Kier molecular flexibility index (Phi) is 8.08. The van der Waals surface area contributed by atoms with E-state index in [-0.39, 0.29) is 0 Å². The van der Waals surface area contributed by atoms with E-state index >= 15 is 0 Å². The first kappa shape index (κ1) is 17.0. The van der Waals surface area contributed by atoms with Crippen LogP contribution in [0.4, 0.5) is 0 Å². The molecule has 0 amide bonds. The van der Waals surface area contributed by atoms with Crippen molar-refractivity contribution in [1.82, 2.24) is 0 Å². The minimum Gasteiger partial charge on any atom is -0.377 e. The summed E-state index contributed by atoms with van der Waals surface area (Å²) in [7, 11) is 2.68. The van der Waals surface area contributed by atoms with Crippen LogP contribution in [0.15, 0.2) is 0 Å². The topological polar surface area (TPSA) is 62.0 Å². The zero-order valence-electron chi connectivity index (χ0n) is 12.3.